The van der Waals surface area contributed by atoms with Gasteiger partial charge in [-0.25, -0.2) is 9.78 Å². The van der Waals surface area contributed by atoms with Crippen LogP contribution in [0.15, 0.2) is 42.5 Å². The number of para-hydroxylation sites is 1. The molecule has 1 aliphatic rings. The van der Waals surface area contributed by atoms with E-state index in [0.29, 0.717) is 11.6 Å². The maximum Gasteiger partial charge on any atom is 0.319 e. The number of fused-ring (bicyclic) bond motifs is 1. The molecule has 1 fully saturated rings. The zero-order chi connectivity index (χ0) is 24.9. The first-order chi connectivity index (χ1) is 16.8. The first kappa shape index (κ1) is 24.0. The third kappa shape index (κ3) is 5.68. The quantitative estimate of drug-likeness (QED) is 0.340. The van der Waals surface area contributed by atoms with Gasteiger partial charge in [-0.15, -0.1) is 0 Å². The molecule has 0 saturated heterocycles. The van der Waals surface area contributed by atoms with E-state index in [2.05, 4.69) is 20.9 Å². The molecule has 0 aliphatic heterocycles. The highest BCUT2D eigenvalue weighted by Gasteiger charge is 2.24. The molecule has 1 aliphatic carbocycles. The first-order valence-corrected chi connectivity index (χ1v) is 11.4. The summed E-state index contributed by atoms with van der Waals surface area (Å²) < 4.78 is 5.18. The highest BCUT2D eigenvalue weighted by atomic mass is 16.6. The van der Waals surface area contributed by atoms with E-state index >= 15 is 0 Å². The molecule has 2 amide bonds. The standard InChI is InChI=1S/C24H29N7O4/c1-30(2)22-18-6-4-5-7-19(18)27-23(29-22)25-15-8-10-16(11-9-15)26-24(32)28-20-13-12-17(31(33)34)14-21(20)35-3/h4-7,12-16H,8-11H2,1-3H3,(H,25,27,29)(H2,26,28,32)/t15-,16+. The van der Waals surface area contributed by atoms with Crippen molar-refractivity contribution in [1.82, 2.24) is 15.3 Å². The first-order valence-electron chi connectivity index (χ1n) is 11.4. The highest BCUT2D eigenvalue weighted by Crippen LogP contribution is 2.29. The van der Waals surface area contributed by atoms with Crippen molar-refractivity contribution in [3.63, 3.8) is 0 Å². The maximum atomic E-state index is 12.5. The summed E-state index contributed by atoms with van der Waals surface area (Å²) in [6.45, 7) is 0. The Bertz CT molecular complexity index is 1230. The number of hydrogen-bond donors (Lipinski definition) is 3. The number of nitrogens with zero attached hydrogens (tertiary/aromatic N) is 4. The average molecular weight is 480 g/mol. The molecule has 0 radical (unpaired) electrons. The molecule has 184 valence electrons. The van der Waals surface area contributed by atoms with Crippen LogP contribution in [0.2, 0.25) is 0 Å². The van der Waals surface area contributed by atoms with E-state index in [9.17, 15) is 14.9 Å². The highest BCUT2D eigenvalue weighted by molar-refractivity contribution is 5.91. The Balaban J connectivity index is 1.32. The number of methoxy groups -OCH3 is 1. The van der Waals surface area contributed by atoms with Gasteiger partial charge < -0.3 is 25.6 Å². The van der Waals surface area contributed by atoms with Gasteiger partial charge in [-0.1, -0.05) is 12.1 Å². The normalized spacial score (nSPS) is 17.5. The lowest BCUT2D eigenvalue weighted by Gasteiger charge is -2.30. The van der Waals surface area contributed by atoms with E-state index in [-0.39, 0.29) is 29.6 Å². The number of amides is 2. The topological polar surface area (TPSA) is 135 Å². The molecule has 11 heteroatoms. The van der Waals surface area contributed by atoms with Gasteiger partial charge in [0, 0.05) is 37.6 Å². The zero-order valence-electron chi connectivity index (χ0n) is 19.9. The van der Waals surface area contributed by atoms with Crippen molar-refractivity contribution in [2.24, 2.45) is 0 Å². The number of urea groups is 1. The molecule has 4 rings (SSSR count). The molecule has 35 heavy (non-hydrogen) atoms. The molecule has 1 saturated carbocycles. The van der Waals surface area contributed by atoms with Gasteiger partial charge in [0.05, 0.1) is 29.3 Å². The SMILES string of the molecule is COc1cc([N+](=O)[O-])ccc1NC(=O)N[C@H]1CC[C@@H](Nc2nc(N(C)C)c3ccccc3n2)CC1. The van der Waals surface area contributed by atoms with Crippen LogP contribution in [-0.2, 0) is 0 Å². The maximum absolute atomic E-state index is 12.5. The number of anilines is 3. The Morgan fingerprint density at radius 2 is 1.80 bits per heavy atom. The fourth-order valence-corrected chi connectivity index (χ4v) is 4.27. The fraction of sp³-hybridized carbons (Fsp3) is 0.375. The molecule has 1 aromatic heterocycles. The minimum Gasteiger partial charge on any atom is -0.494 e. The van der Waals surface area contributed by atoms with Crippen LogP contribution >= 0.6 is 0 Å². The van der Waals surface area contributed by atoms with E-state index in [0.717, 1.165) is 42.4 Å². The van der Waals surface area contributed by atoms with Crippen molar-refractivity contribution in [2.75, 3.05) is 36.7 Å². The number of nitrogens with one attached hydrogen (secondary N) is 3. The van der Waals surface area contributed by atoms with Crippen LogP contribution in [-0.4, -0.2) is 54.2 Å². The number of nitro benzene ring substituents is 1. The number of non-ortho nitro benzene ring substituents is 1. The summed E-state index contributed by atoms with van der Waals surface area (Å²) in [4.78, 5) is 34.3. The van der Waals surface area contributed by atoms with Gasteiger partial charge in [0.2, 0.25) is 5.95 Å². The van der Waals surface area contributed by atoms with Crippen LogP contribution < -0.4 is 25.6 Å². The Labute approximate surface area is 203 Å². The molecule has 2 aromatic carbocycles. The van der Waals surface area contributed by atoms with Gasteiger partial charge in [0.25, 0.3) is 5.69 Å². The van der Waals surface area contributed by atoms with Crippen molar-refractivity contribution in [3.05, 3.63) is 52.6 Å². The van der Waals surface area contributed by atoms with Crippen molar-refractivity contribution in [3.8, 4) is 5.75 Å². The number of benzene rings is 2. The van der Waals surface area contributed by atoms with E-state index in [1.807, 2.05) is 43.3 Å². The Kier molecular flexibility index (Phi) is 7.14. The molecule has 0 bridgehead atoms. The van der Waals surface area contributed by atoms with Gasteiger partial charge in [0.1, 0.15) is 11.6 Å². The lowest BCUT2D eigenvalue weighted by atomic mass is 9.91. The number of ether oxygens (including phenoxy) is 1. The number of carbonyl (C=O) groups is 1. The average Bonchev–Trinajstić information content (AvgIpc) is 2.84. The third-order valence-electron chi connectivity index (χ3n) is 6.05. The van der Waals surface area contributed by atoms with Crippen molar-refractivity contribution in [1.29, 1.82) is 0 Å². The minimum atomic E-state index is -0.511. The van der Waals surface area contributed by atoms with Crippen LogP contribution in [0.4, 0.5) is 27.9 Å². The van der Waals surface area contributed by atoms with Gasteiger partial charge >= 0.3 is 6.03 Å². The molecule has 3 aromatic rings. The zero-order valence-corrected chi connectivity index (χ0v) is 19.9. The number of rotatable bonds is 7. The van der Waals surface area contributed by atoms with Gasteiger partial charge in [-0.2, -0.15) is 4.98 Å². The predicted molar refractivity (Wildman–Crippen MR) is 135 cm³/mol. The summed E-state index contributed by atoms with van der Waals surface area (Å²) in [5.74, 6) is 1.70. The monoisotopic (exact) mass is 479 g/mol. The molecule has 0 atom stereocenters. The van der Waals surface area contributed by atoms with Crippen molar-refractivity contribution < 1.29 is 14.5 Å². The van der Waals surface area contributed by atoms with E-state index in [4.69, 9.17) is 9.72 Å². The fourth-order valence-electron chi connectivity index (χ4n) is 4.27. The van der Waals surface area contributed by atoms with Gasteiger partial charge in [-0.05, 0) is 43.9 Å². The van der Waals surface area contributed by atoms with Crippen LogP contribution in [0.5, 0.6) is 5.75 Å². The van der Waals surface area contributed by atoms with E-state index < -0.39 is 4.92 Å². The summed E-state index contributed by atoms with van der Waals surface area (Å²) in [6, 6.07) is 11.9. The van der Waals surface area contributed by atoms with Gasteiger partial charge in [0.15, 0.2) is 0 Å². The van der Waals surface area contributed by atoms with Crippen LogP contribution in [0.1, 0.15) is 25.7 Å². The third-order valence-corrected chi connectivity index (χ3v) is 6.05. The van der Waals surface area contributed by atoms with E-state index in [1.165, 1.54) is 25.3 Å². The largest absolute Gasteiger partial charge is 0.494 e. The molecule has 11 nitrogen and oxygen atoms in total. The summed E-state index contributed by atoms with van der Waals surface area (Å²) in [5, 5.41) is 21.1. The van der Waals surface area contributed by atoms with E-state index in [1.54, 1.807) is 0 Å². The molecule has 0 unspecified atom stereocenters. The van der Waals surface area contributed by atoms with Crippen LogP contribution in [0.3, 0.4) is 0 Å². The van der Waals surface area contributed by atoms with Crippen molar-refractivity contribution in [2.45, 2.75) is 37.8 Å². The molecule has 1 heterocycles. The lowest BCUT2D eigenvalue weighted by molar-refractivity contribution is -0.384. The summed E-state index contributed by atoms with van der Waals surface area (Å²) in [5.41, 5.74) is 1.16. The molecule has 0 spiro atoms. The number of nitro groups is 1. The van der Waals surface area contributed by atoms with Gasteiger partial charge in [-0.3, -0.25) is 10.1 Å². The minimum absolute atomic E-state index is 0.0203. The Morgan fingerprint density at radius 1 is 1.09 bits per heavy atom. The van der Waals surface area contributed by atoms with Crippen molar-refractivity contribution >= 4 is 40.1 Å². The van der Waals surface area contributed by atoms with Crippen LogP contribution in [0.25, 0.3) is 10.9 Å². The number of carbonyl (C=O) groups excluding carboxylic acids is 1. The Hall–Kier alpha value is -4.15. The summed E-state index contributed by atoms with van der Waals surface area (Å²) in [6.07, 6.45) is 3.33. The second-order valence-electron chi connectivity index (χ2n) is 8.72. The second kappa shape index (κ2) is 10.4. The number of aromatic nitrogens is 2. The lowest BCUT2D eigenvalue weighted by Crippen LogP contribution is -2.42. The second-order valence-corrected chi connectivity index (χ2v) is 8.72. The summed E-state index contributed by atoms with van der Waals surface area (Å²) >= 11 is 0. The summed E-state index contributed by atoms with van der Waals surface area (Å²) in [7, 11) is 5.33. The predicted octanol–water partition coefficient (Wildman–Crippen LogP) is 4.16. The van der Waals surface area contributed by atoms with Crippen LogP contribution in [0, 0.1) is 10.1 Å². The molecular formula is C24H29N7O4. The number of hydrogen-bond acceptors (Lipinski definition) is 8. The smallest absolute Gasteiger partial charge is 0.319 e. The molecular weight excluding hydrogens is 450 g/mol. The molecule has 3 N–H and O–H groups in total. The Morgan fingerprint density at radius 3 is 2.49 bits per heavy atom.